The summed E-state index contributed by atoms with van der Waals surface area (Å²) in [5, 5.41) is 8.54. The third-order valence-corrected chi connectivity index (χ3v) is 4.30. The van der Waals surface area contributed by atoms with Gasteiger partial charge in [-0.25, -0.2) is 0 Å². The molecule has 0 spiro atoms. The fourth-order valence-electron chi connectivity index (χ4n) is 2.19. The number of amides is 2. The standard InChI is InChI=1S/C19H20BrN3O2S/c1-2-3-12-21-18(25)15-6-4-5-7-16(15)22-19(26)23-17(24)13-8-10-14(20)11-9-13/h4-11H,2-3,12H2,1H3,(H,21,25)(H2,22,23,24,26). The average molecular weight is 434 g/mol. The van der Waals surface area contributed by atoms with Gasteiger partial charge in [-0.1, -0.05) is 41.4 Å². The number of rotatable bonds is 6. The largest absolute Gasteiger partial charge is 0.352 e. The van der Waals surface area contributed by atoms with Crippen molar-refractivity contribution in [3.8, 4) is 0 Å². The third-order valence-electron chi connectivity index (χ3n) is 3.57. The van der Waals surface area contributed by atoms with E-state index in [0.29, 0.717) is 23.4 Å². The van der Waals surface area contributed by atoms with Crippen molar-refractivity contribution in [2.45, 2.75) is 19.8 Å². The van der Waals surface area contributed by atoms with E-state index in [0.717, 1.165) is 17.3 Å². The van der Waals surface area contributed by atoms with Crippen LogP contribution in [0.25, 0.3) is 0 Å². The van der Waals surface area contributed by atoms with Gasteiger partial charge in [0.25, 0.3) is 11.8 Å². The molecular weight excluding hydrogens is 414 g/mol. The summed E-state index contributed by atoms with van der Waals surface area (Å²) >= 11 is 8.53. The number of carbonyl (C=O) groups excluding carboxylic acids is 2. The van der Waals surface area contributed by atoms with Gasteiger partial charge in [0.2, 0.25) is 0 Å². The molecule has 3 N–H and O–H groups in total. The van der Waals surface area contributed by atoms with E-state index in [2.05, 4.69) is 38.8 Å². The highest BCUT2D eigenvalue weighted by Gasteiger charge is 2.13. The van der Waals surface area contributed by atoms with Crippen molar-refractivity contribution in [1.29, 1.82) is 0 Å². The molecule has 0 saturated carbocycles. The maximum absolute atomic E-state index is 12.3. The van der Waals surface area contributed by atoms with E-state index in [1.165, 1.54) is 0 Å². The fraction of sp³-hybridized carbons (Fsp3) is 0.211. The van der Waals surface area contributed by atoms with Crippen LogP contribution >= 0.6 is 28.1 Å². The van der Waals surface area contributed by atoms with Gasteiger partial charge >= 0.3 is 0 Å². The Morgan fingerprint density at radius 1 is 1.04 bits per heavy atom. The van der Waals surface area contributed by atoms with Crippen LogP contribution in [0.15, 0.2) is 53.0 Å². The highest BCUT2D eigenvalue weighted by Crippen LogP contribution is 2.15. The van der Waals surface area contributed by atoms with Crippen molar-refractivity contribution in [2.24, 2.45) is 0 Å². The number of thiocarbonyl (C=S) groups is 1. The molecule has 0 aromatic heterocycles. The summed E-state index contributed by atoms with van der Waals surface area (Å²) in [4.78, 5) is 24.5. The van der Waals surface area contributed by atoms with Crippen LogP contribution in [0.3, 0.4) is 0 Å². The van der Waals surface area contributed by atoms with E-state index in [1.54, 1.807) is 48.5 Å². The van der Waals surface area contributed by atoms with Crippen molar-refractivity contribution in [3.63, 3.8) is 0 Å². The number of hydrogen-bond acceptors (Lipinski definition) is 3. The predicted octanol–water partition coefficient (Wildman–Crippen LogP) is 4.11. The highest BCUT2D eigenvalue weighted by atomic mass is 79.9. The first-order valence-corrected chi connectivity index (χ1v) is 9.46. The third kappa shape index (κ3) is 5.93. The summed E-state index contributed by atoms with van der Waals surface area (Å²) < 4.78 is 0.887. The van der Waals surface area contributed by atoms with Crippen molar-refractivity contribution in [3.05, 3.63) is 64.1 Å². The molecule has 0 aliphatic heterocycles. The summed E-state index contributed by atoms with van der Waals surface area (Å²) in [5.41, 5.74) is 1.51. The second-order valence-corrected chi connectivity index (χ2v) is 6.89. The first-order valence-electron chi connectivity index (χ1n) is 8.26. The minimum atomic E-state index is -0.320. The molecule has 2 aromatic rings. The fourth-order valence-corrected chi connectivity index (χ4v) is 2.66. The SMILES string of the molecule is CCCCNC(=O)c1ccccc1NC(=S)NC(=O)c1ccc(Br)cc1. The van der Waals surface area contributed by atoms with Crippen LogP contribution < -0.4 is 16.0 Å². The smallest absolute Gasteiger partial charge is 0.257 e. The molecule has 0 aliphatic carbocycles. The monoisotopic (exact) mass is 433 g/mol. The number of anilines is 1. The lowest BCUT2D eigenvalue weighted by Crippen LogP contribution is -2.35. The summed E-state index contributed by atoms with van der Waals surface area (Å²) in [7, 11) is 0. The zero-order valence-electron chi connectivity index (χ0n) is 14.3. The lowest BCUT2D eigenvalue weighted by molar-refractivity contribution is 0.0952. The van der Waals surface area contributed by atoms with Gasteiger partial charge in [0, 0.05) is 16.6 Å². The lowest BCUT2D eigenvalue weighted by Gasteiger charge is -2.13. The maximum Gasteiger partial charge on any atom is 0.257 e. The Labute approximate surface area is 166 Å². The molecule has 2 amide bonds. The molecule has 0 aliphatic rings. The van der Waals surface area contributed by atoms with Crippen LogP contribution in [-0.4, -0.2) is 23.5 Å². The molecule has 0 atom stereocenters. The van der Waals surface area contributed by atoms with Crippen molar-refractivity contribution in [1.82, 2.24) is 10.6 Å². The average Bonchev–Trinajstić information content (AvgIpc) is 2.62. The number of halogens is 1. The molecule has 26 heavy (non-hydrogen) atoms. The normalized spacial score (nSPS) is 10.1. The second-order valence-electron chi connectivity index (χ2n) is 5.57. The zero-order valence-corrected chi connectivity index (χ0v) is 16.7. The molecule has 0 bridgehead atoms. The predicted molar refractivity (Wildman–Crippen MR) is 112 cm³/mol. The van der Waals surface area contributed by atoms with Gasteiger partial charge < -0.3 is 10.6 Å². The lowest BCUT2D eigenvalue weighted by atomic mass is 10.1. The summed E-state index contributed by atoms with van der Waals surface area (Å²) in [6.07, 6.45) is 1.93. The van der Waals surface area contributed by atoms with Crippen LogP contribution in [0.1, 0.15) is 40.5 Å². The Balaban J connectivity index is 2.01. The van der Waals surface area contributed by atoms with Crippen LogP contribution in [0.4, 0.5) is 5.69 Å². The maximum atomic E-state index is 12.3. The molecular formula is C19H20BrN3O2S. The van der Waals surface area contributed by atoms with Crippen LogP contribution in [0.2, 0.25) is 0 Å². The minimum Gasteiger partial charge on any atom is -0.352 e. The van der Waals surface area contributed by atoms with E-state index in [4.69, 9.17) is 12.2 Å². The highest BCUT2D eigenvalue weighted by molar-refractivity contribution is 9.10. The number of carbonyl (C=O) groups is 2. The molecule has 0 radical (unpaired) electrons. The Kier molecular flexibility index (Phi) is 7.74. The topological polar surface area (TPSA) is 70.2 Å². The van der Waals surface area contributed by atoms with E-state index in [-0.39, 0.29) is 16.9 Å². The second kappa shape index (κ2) is 10.0. The van der Waals surface area contributed by atoms with Crippen LogP contribution in [0.5, 0.6) is 0 Å². The molecule has 0 saturated heterocycles. The molecule has 0 unspecified atom stereocenters. The molecule has 2 rings (SSSR count). The van der Waals surface area contributed by atoms with Gasteiger partial charge in [-0.2, -0.15) is 0 Å². The van der Waals surface area contributed by atoms with Crippen LogP contribution in [0, 0.1) is 0 Å². The Hall–Kier alpha value is -2.25. The molecule has 2 aromatic carbocycles. The Bertz CT molecular complexity index is 794. The van der Waals surface area contributed by atoms with Gasteiger partial charge in [0.1, 0.15) is 0 Å². The number of para-hydroxylation sites is 1. The molecule has 0 fully saturated rings. The van der Waals surface area contributed by atoms with Gasteiger partial charge in [0.05, 0.1) is 11.3 Å². The number of unbranched alkanes of at least 4 members (excludes halogenated alkanes) is 1. The Morgan fingerprint density at radius 3 is 2.42 bits per heavy atom. The number of hydrogen-bond donors (Lipinski definition) is 3. The van der Waals surface area contributed by atoms with Gasteiger partial charge in [0.15, 0.2) is 5.11 Å². The quantitative estimate of drug-likeness (QED) is 0.473. The Morgan fingerprint density at radius 2 is 1.73 bits per heavy atom. The van der Waals surface area contributed by atoms with Crippen molar-refractivity contribution in [2.75, 3.05) is 11.9 Å². The molecule has 7 heteroatoms. The minimum absolute atomic E-state index is 0.131. The van der Waals surface area contributed by atoms with Gasteiger partial charge in [-0.05, 0) is 55.0 Å². The molecule has 136 valence electrons. The van der Waals surface area contributed by atoms with E-state index in [1.807, 2.05) is 0 Å². The van der Waals surface area contributed by atoms with Crippen molar-refractivity contribution >= 4 is 50.8 Å². The summed E-state index contributed by atoms with van der Waals surface area (Å²) in [5.74, 6) is -0.497. The van der Waals surface area contributed by atoms with E-state index >= 15 is 0 Å². The molecule has 5 nitrogen and oxygen atoms in total. The van der Waals surface area contributed by atoms with E-state index in [9.17, 15) is 9.59 Å². The molecule has 0 heterocycles. The van der Waals surface area contributed by atoms with Gasteiger partial charge in [-0.15, -0.1) is 0 Å². The van der Waals surface area contributed by atoms with Crippen molar-refractivity contribution < 1.29 is 9.59 Å². The first kappa shape index (κ1) is 20.1. The van der Waals surface area contributed by atoms with Gasteiger partial charge in [-0.3, -0.25) is 14.9 Å². The first-order chi connectivity index (χ1) is 12.5. The number of benzene rings is 2. The van der Waals surface area contributed by atoms with E-state index < -0.39 is 0 Å². The summed E-state index contributed by atoms with van der Waals surface area (Å²) in [6, 6.07) is 14.0. The summed E-state index contributed by atoms with van der Waals surface area (Å²) in [6.45, 7) is 2.68. The number of nitrogens with one attached hydrogen (secondary N) is 3. The zero-order chi connectivity index (χ0) is 18.9. The van der Waals surface area contributed by atoms with Crippen LogP contribution in [-0.2, 0) is 0 Å².